The van der Waals surface area contributed by atoms with Crippen molar-refractivity contribution in [2.75, 3.05) is 31.6 Å². The molecule has 23 heavy (non-hydrogen) atoms. The lowest BCUT2D eigenvalue weighted by molar-refractivity contribution is 0.172. The van der Waals surface area contributed by atoms with Gasteiger partial charge in [0.1, 0.15) is 12.4 Å². The van der Waals surface area contributed by atoms with Crippen molar-refractivity contribution >= 4 is 17.3 Å². The normalized spacial score (nSPS) is 14.2. The molecule has 0 aromatic heterocycles. The van der Waals surface area contributed by atoms with E-state index in [0.717, 1.165) is 24.3 Å². The lowest BCUT2D eigenvalue weighted by Gasteiger charge is -2.13. The summed E-state index contributed by atoms with van der Waals surface area (Å²) in [5, 5.41) is 17.3. The molecule has 5 heteroatoms. The van der Waals surface area contributed by atoms with Crippen molar-refractivity contribution in [3.63, 3.8) is 0 Å². The fourth-order valence-electron chi connectivity index (χ4n) is 2.68. The maximum Gasteiger partial charge on any atom is 0.119 e. The molecule has 1 unspecified atom stereocenters. The van der Waals surface area contributed by atoms with Crippen LogP contribution in [0.5, 0.6) is 5.75 Å². The fraction of sp³-hybridized carbons (Fsp3) is 0.333. The van der Waals surface area contributed by atoms with E-state index >= 15 is 0 Å². The highest BCUT2D eigenvalue weighted by Gasteiger charge is 2.10. The number of aliphatic hydroxyl groups excluding tert-OH is 1. The highest BCUT2D eigenvalue weighted by molar-refractivity contribution is 6.30. The molecule has 0 saturated carbocycles. The molecule has 1 heterocycles. The van der Waals surface area contributed by atoms with E-state index in [1.54, 1.807) is 12.1 Å². The third kappa shape index (κ3) is 4.38. The van der Waals surface area contributed by atoms with Gasteiger partial charge in [-0.3, -0.25) is 0 Å². The first-order chi connectivity index (χ1) is 11.2. The molecule has 3 N–H and O–H groups in total. The summed E-state index contributed by atoms with van der Waals surface area (Å²) in [6.45, 7) is 2.71. The van der Waals surface area contributed by atoms with Crippen LogP contribution < -0.4 is 15.4 Å². The molecule has 0 saturated heterocycles. The Morgan fingerprint density at radius 3 is 3.04 bits per heavy atom. The third-order valence-electron chi connectivity index (χ3n) is 3.91. The summed E-state index contributed by atoms with van der Waals surface area (Å²) in [5.41, 5.74) is 3.34. The number of benzene rings is 2. The molecule has 0 fully saturated rings. The number of anilines is 1. The second-order valence-corrected chi connectivity index (χ2v) is 6.06. The topological polar surface area (TPSA) is 53.5 Å². The molecular weight excluding hydrogens is 312 g/mol. The molecule has 1 atom stereocenters. The van der Waals surface area contributed by atoms with E-state index in [9.17, 15) is 5.11 Å². The lowest BCUT2D eigenvalue weighted by atomic mass is 10.1. The second kappa shape index (κ2) is 7.68. The average molecular weight is 333 g/mol. The zero-order valence-corrected chi connectivity index (χ0v) is 13.6. The minimum Gasteiger partial charge on any atom is -0.492 e. The van der Waals surface area contributed by atoms with Gasteiger partial charge in [-0.25, -0.2) is 0 Å². The van der Waals surface area contributed by atoms with Gasteiger partial charge in [0.2, 0.25) is 0 Å². The van der Waals surface area contributed by atoms with E-state index in [-0.39, 0.29) is 0 Å². The van der Waals surface area contributed by atoms with Crippen molar-refractivity contribution in [1.82, 2.24) is 5.32 Å². The molecule has 3 rings (SSSR count). The zero-order chi connectivity index (χ0) is 16.1. The van der Waals surface area contributed by atoms with Gasteiger partial charge in [-0.2, -0.15) is 0 Å². The van der Waals surface area contributed by atoms with Gasteiger partial charge in [-0.1, -0.05) is 23.7 Å². The first-order valence-electron chi connectivity index (χ1n) is 7.86. The van der Waals surface area contributed by atoms with E-state index in [2.05, 4.69) is 22.8 Å². The third-order valence-corrected chi connectivity index (χ3v) is 4.14. The van der Waals surface area contributed by atoms with Crippen LogP contribution in [0.15, 0.2) is 42.5 Å². The Hall–Kier alpha value is -1.75. The van der Waals surface area contributed by atoms with Gasteiger partial charge in [0.05, 0.1) is 6.10 Å². The van der Waals surface area contributed by atoms with Crippen molar-refractivity contribution < 1.29 is 9.84 Å². The number of ether oxygens (including phenoxy) is 1. The largest absolute Gasteiger partial charge is 0.492 e. The smallest absolute Gasteiger partial charge is 0.119 e. The van der Waals surface area contributed by atoms with E-state index in [1.165, 1.54) is 11.3 Å². The number of rotatable bonds is 7. The van der Waals surface area contributed by atoms with Crippen LogP contribution in [-0.4, -0.2) is 31.3 Å². The molecule has 2 aromatic carbocycles. The molecule has 1 aliphatic heterocycles. The van der Waals surface area contributed by atoms with Crippen LogP contribution >= 0.6 is 11.6 Å². The number of fused-ring (bicyclic) bond motifs is 1. The van der Waals surface area contributed by atoms with Crippen LogP contribution in [-0.2, 0) is 6.42 Å². The van der Waals surface area contributed by atoms with Crippen molar-refractivity contribution in [3.05, 3.63) is 58.6 Å². The van der Waals surface area contributed by atoms with Gasteiger partial charge >= 0.3 is 0 Å². The molecule has 1 aliphatic rings. The van der Waals surface area contributed by atoms with Crippen LogP contribution in [0.1, 0.15) is 17.2 Å². The standard InChI is InChI=1S/C18H21ClN2O2/c19-15-3-1-2-14(10-15)18(22)12-20-8-9-23-16-4-5-17-13(11-16)6-7-21-17/h1-5,10-11,18,20-22H,6-9,12H2. The Morgan fingerprint density at radius 1 is 1.26 bits per heavy atom. The molecule has 0 aliphatic carbocycles. The Morgan fingerprint density at radius 2 is 2.17 bits per heavy atom. The minimum absolute atomic E-state index is 0.470. The molecular formula is C18H21ClN2O2. The minimum atomic E-state index is -0.570. The zero-order valence-electron chi connectivity index (χ0n) is 12.9. The number of nitrogens with one attached hydrogen (secondary N) is 2. The van der Waals surface area contributed by atoms with Gasteiger partial charge in [0.25, 0.3) is 0 Å². The summed E-state index contributed by atoms with van der Waals surface area (Å²) in [5.74, 6) is 0.893. The van der Waals surface area contributed by atoms with Crippen LogP contribution in [0.2, 0.25) is 5.02 Å². The summed E-state index contributed by atoms with van der Waals surface area (Å²) in [4.78, 5) is 0. The van der Waals surface area contributed by atoms with E-state index < -0.39 is 6.10 Å². The second-order valence-electron chi connectivity index (χ2n) is 5.62. The number of aliphatic hydroxyl groups is 1. The van der Waals surface area contributed by atoms with Crippen molar-refractivity contribution in [3.8, 4) is 5.75 Å². The number of hydrogen-bond acceptors (Lipinski definition) is 4. The predicted molar refractivity (Wildman–Crippen MR) is 93.4 cm³/mol. The average Bonchev–Trinajstić information content (AvgIpc) is 3.02. The number of hydrogen-bond donors (Lipinski definition) is 3. The summed E-state index contributed by atoms with van der Waals surface area (Å²) in [6.07, 6.45) is 0.483. The molecule has 0 radical (unpaired) electrons. The summed E-state index contributed by atoms with van der Waals surface area (Å²) in [7, 11) is 0. The Balaban J connectivity index is 1.38. The van der Waals surface area contributed by atoms with Crippen molar-refractivity contribution in [2.24, 2.45) is 0 Å². The van der Waals surface area contributed by atoms with Crippen LogP contribution in [0.4, 0.5) is 5.69 Å². The first-order valence-corrected chi connectivity index (χ1v) is 8.24. The van der Waals surface area contributed by atoms with Gasteiger partial charge in [-0.15, -0.1) is 0 Å². The lowest BCUT2D eigenvalue weighted by Crippen LogP contribution is -2.26. The van der Waals surface area contributed by atoms with E-state index in [1.807, 2.05) is 18.2 Å². The Kier molecular flexibility index (Phi) is 5.39. The van der Waals surface area contributed by atoms with Crippen LogP contribution in [0, 0.1) is 0 Å². The van der Waals surface area contributed by atoms with Crippen LogP contribution in [0.25, 0.3) is 0 Å². The highest BCUT2D eigenvalue weighted by Crippen LogP contribution is 2.26. The fourth-order valence-corrected chi connectivity index (χ4v) is 2.88. The number of halogens is 1. The molecule has 122 valence electrons. The maximum atomic E-state index is 10.1. The maximum absolute atomic E-state index is 10.1. The monoisotopic (exact) mass is 332 g/mol. The summed E-state index contributed by atoms with van der Waals surface area (Å²) < 4.78 is 5.74. The first kappa shape index (κ1) is 16.1. The van der Waals surface area contributed by atoms with E-state index in [0.29, 0.717) is 24.7 Å². The van der Waals surface area contributed by atoms with Gasteiger partial charge in [0, 0.05) is 30.3 Å². The highest BCUT2D eigenvalue weighted by atomic mass is 35.5. The van der Waals surface area contributed by atoms with Crippen LogP contribution in [0.3, 0.4) is 0 Å². The van der Waals surface area contributed by atoms with Gasteiger partial charge in [-0.05, 0) is 47.9 Å². The Labute approximate surface area is 141 Å². The van der Waals surface area contributed by atoms with Gasteiger partial charge < -0.3 is 20.5 Å². The van der Waals surface area contributed by atoms with Crippen molar-refractivity contribution in [2.45, 2.75) is 12.5 Å². The molecule has 0 spiro atoms. The van der Waals surface area contributed by atoms with Gasteiger partial charge in [0.15, 0.2) is 0 Å². The Bertz CT molecular complexity index is 663. The quantitative estimate of drug-likeness (QED) is 0.682. The van der Waals surface area contributed by atoms with E-state index in [4.69, 9.17) is 16.3 Å². The molecule has 0 bridgehead atoms. The molecule has 0 amide bonds. The molecule has 4 nitrogen and oxygen atoms in total. The van der Waals surface area contributed by atoms with Crippen molar-refractivity contribution in [1.29, 1.82) is 0 Å². The summed E-state index contributed by atoms with van der Waals surface area (Å²) >= 11 is 5.92. The SMILES string of the molecule is OC(CNCCOc1ccc2c(c1)CCN2)c1cccc(Cl)c1. The summed E-state index contributed by atoms with van der Waals surface area (Å²) in [6, 6.07) is 13.4. The molecule has 2 aromatic rings. The predicted octanol–water partition coefficient (Wildman–Crippen LogP) is 3.01.